The highest BCUT2D eigenvalue weighted by molar-refractivity contribution is 7.10. The minimum atomic E-state index is -0.332. The molecule has 2 amide bonds. The summed E-state index contributed by atoms with van der Waals surface area (Å²) in [7, 11) is 0. The van der Waals surface area contributed by atoms with Gasteiger partial charge in [-0.15, -0.1) is 11.3 Å². The third-order valence-electron chi connectivity index (χ3n) is 5.91. The number of benzene rings is 2. The van der Waals surface area contributed by atoms with Crippen molar-refractivity contribution in [2.75, 3.05) is 26.2 Å². The van der Waals surface area contributed by atoms with Gasteiger partial charge in [-0.2, -0.15) is 0 Å². The molecule has 0 bridgehead atoms. The Balaban J connectivity index is 1.53. The first-order valence-corrected chi connectivity index (χ1v) is 12.9. The SMILES string of the molecule is CC(C)CN(CC(=O)N1CCc2sccc2C1COc1ccc(F)cc1)C(=O)c1cccc(Cl)c1. The van der Waals surface area contributed by atoms with E-state index >= 15 is 0 Å². The molecule has 35 heavy (non-hydrogen) atoms. The van der Waals surface area contributed by atoms with Gasteiger partial charge >= 0.3 is 0 Å². The molecule has 4 rings (SSSR count). The fraction of sp³-hybridized carbons (Fsp3) is 0.333. The van der Waals surface area contributed by atoms with Crippen LogP contribution in [0.25, 0.3) is 0 Å². The minimum Gasteiger partial charge on any atom is -0.491 e. The average Bonchev–Trinajstić information content (AvgIpc) is 3.31. The van der Waals surface area contributed by atoms with Crippen molar-refractivity contribution < 1.29 is 18.7 Å². The van der Waals surface area contributed by atoms with E-state index in [1.54, 1.807) is 57.5 Å². The minimum absolute atomic E-state index is 0.0317. The average molecular weight is 515 g/mol. The Morgan fingerprint density at radius 3 is 2.69 bits per heavy atom. The number of carbonyl (C=O) groups is 2. The first-order chi connectivity index (χ1) is 16.8. The molecule has 0 fully saturated rings. The molecule has 2 heterocycles. The second kappa shape index (κ2) is 11.2. The van der Waals surface area contributed by atoms with Crippen LogP contribution in [0.2, 0.25) is 5.02 Å². The zero-order chi connectivity index (χ0) is 24.9. The molecule has 2 aromatic carbocycles. The van der Waals surface area contributed by atoms with Gasteiger partial charge in [0.2, 0.25) is 5.91 Å². The quantitative estimate of drug-likeness (QED) is 0.379. The molecule has 0 N–H and O–H groups in total. The second-order valence-electron chi connectivity index (χ2n) is 9.01. The van der Waals surface area contributed by atoms with E-state index in [1.165, 1.54) is 17.0 Å². The largest absolute Gasteiger partial charge is 0.491 e. The lowest BCUT2D eigenvalue weighted by Gasteiger charge is -2.37. The Morgan fingerprint density at radius 2 is 1.97 bits per heavy atom. The molecule has 1 unspecified atom stereocenters. The summed E-state index contributed by atoms with van der Waals surface area (Å²) in [6.45, 7) is 5.24. The molecule has 5 nitrogen and oxygen atoms in total. The van der Waals surface area contributed by atoms with Crippen LogP contribution in [0.4, 0.5) is 4.39 Å². The van der Waals surface area contributed by atoms with Crippen LogP contribution in [0.3, 0.4) is 0 Å². The fourth-order valence-corrected chi connectivity index (χ4v) is 5.42. The summed E-state index contributed by atoms with van der Waals surface area (Å²) < 4.78 is 19.2. The molecule has 1 aliphatic heterocycles. The first kappa shape index (κ1) is 25.2. The number of hydrogen-bond donors (Lipinski definition) is 0. The third kappa shape index (κ3) is 6.21. The number of carbonyl (C=O) groups excluding carboxylic acids is 2. The number of hydrogen-bond acceptors (Lipinski definition) is 4. The number of fused-ring (bicyclic) bond motifs is 1. The van der Waals surface area contributed by atoms with Gasteiger partial charge in [-0.1, -0.05) is 31.5 Å². The number of halogens is 2. The van der Waals surface area contributed by atoms with Gasteiger partial charge in [-0.25, -0.2) is 4.39 Å². The number of thiophene rings is 1. The van der Waals surface area contributed by atoms with Gasteiger partial charge in [0.1, 0.15) is 24.7 Å². The monoisotopic (exact) mass is 514 g/mol. The van der Waals surface area contributed by atoms with Crippen LogP contribution in [0.15, 0.2) is 60.0 Å². The van der Waals surface area contributed by atoms with Crippen molar-refractivity contribution in [3.8, 4) is 5.75 Å². The predicted octanol–water partition coefficient (Wildman–Crippen LogP) is 5.84. The van der Waals surface area contributed by atoms with Gasteiger partial charge in [0, 0.05) is 28.6 Å². The number of ether oxygens (including phenoxy) is 1. The van der Waals surface area contributed by atoms with E-state index in [2.05, 4.69) is 0 Å². The van der Waals surface area contributed by atoms with Crippen molar-refractivity contribution in [3.63, 3.8) is 0 Å². The van der Waals surface area contributed by atoms with Crippen molar-refractivity contribution in [3.05, 3.63) is 86.8 Å². The van der Waals surface area contributed by atoms with Crippen molar-refractivity contribution >= 4 is 34.8 Å². The normalized spacial score (nSPS) is 15.1. The van der Waals surface area contributed by atoms with Gasteiger partial charge in [-0.3, -0.25) is 9.59 Å². The summed E-state index contributed by atoms with van der Waals surface area (Å²) in [6, 6.07) is 14.4. The maximum absolute atomic E-state index is 13.6. The van der Waals surface area contributed by atoms with E-state index in [1.807, 2.05) is 25.3 Å². The molecule has 0 aliphatic carbocycles. The van der Waals surface area contributed by atoms with Crippen LogP contribution in [0.5, 0.6) is 5.75 Å². The van der Waals surface area contributed by atoms with Crippen LogP contribution < -0.4 is 4.74 Å². The molecule has 8 heteroatoms. The summed E-state index contributed by atoms with van der Waals surface area (Å²) in [4.78, 5) is 31.5. The predicted molar refractivity (Wildman–Crippen MR) is 137 cm³/mol. The molecular weight excluding hydrogens is 487 g/mol. The van der Waals surface area contributed by atoms with E-state index in [4.69, 9.17) is 16.3 Å². The van der Waals surface area contributed by atoms with E-state index in [-0.39, 0.29) is 42.7 Å². The van der Waals surface area contributed by atoms with Crippen molar-refractivity contribution in [2.24, 2.45) is 5.92 Å². The Bertz CT molecular complexity index is 1180. The molecule has 3 aromatic rings. The van der Waals surface area contributed by atoms with Crippen LogP contribution in [-0.4, -0.2) is 47.9 Å². The van der Waals surface area contributed by atoms with Crippen molar-refractivity contribution in [2.45, 2.75) is 26.3 Å². The maximum Gasteiger partial charge on any atom is 0.254 e. The highest BCUT2D eigenvalue weighted by Crippen LogP contribution is 2.34. The molecule has 1 aliphatic rings. The zero-order valence-electron chi connectivity index (χ0n) is 19.7. The summed E-state index contributed by atoms with van der Waals surface area (Å²) in [5.74, 6) is 0.0427. The molecule has 0 radical (unpaired) electrons. The molecule has 0 spiro atoms. The molecule has 1 atom stereocenters. The third-order valence-corrected chi connectivity index (χ3v) is 7.14. The first-order valence-electron chi connectivity index (χ1n) is 11.6. The lowest BCUT2D eigenvalue weighted by molar-refractivity contribution is -0.135. The molecule has 1 aromatic heterocycles. The van der Waals surface area contributed by atoms with Crippen molar-refractivity contribution in [1.82, 2.24) is 9.80 Å². The van der Waals surface area contributed by atoms with Gasteiger partial charge in [0.05, 0.1) is 6.04 Å². The smallest absolute Gasteiger partial charge is 0.254 e. The Morgan fingerprint density at radius 1 is 1.20 bits per heavy atom. The Kier molecular flexibility index (Phi) is 8.08. The molecule has 184 valence electrons. The lowest BCUT2D eigenvalue weighted by atomic mass is 10.00. The Labute approximate surface area is 214 Å². The number of nitrogens with zero attached hydrogens (tertiary/aromatic N) is 2. The van der Waals surface area contributed by atoms with Crippen LogP contribution >= 0.6 is 22.9 Å². The van der Waals surface area contributed by atoms with E-state index in [0.29, 0.717) is 29.4 Å². The molecule has 0 saturated carbocycles. The number of amides is 2. The van der Waals surface area contributed by atoms with Gasteiger partial charge in [0.25, 0.3) is 5.91 Å². The molecule has 0 saturated heterocycles. The standard InChI is InChI=1S/C27H28ClFN2O3S/c1-18(2)15-30(27(33)19-4-3-5-20(28)14-19)16-26(32)31-12-10-25-23(11-13-35-25)24(31)17-34-22-8-6-21(29)7-9-22/h3-9,11,13-14,18,24H,10,12,15-17H2,1-2H3. The second-order valence-corrected chi connectivity index (χ2v) is 10.4. The van der Waals surface area contributed by atoms with Crippen LogP contribution in [0, 0.1) is 11.7 Å². The summed E-state index contributed by atoms with van der Waals surface area (Å²) >= 11 is 7.77. The van der Waals surface area contributed by atoms with E-state index < -0.39 is 0 Å². The van der Waals surface area contributed by atoms with Gasteiger partial charge in [0.15, 0.2) is 0 Å². The Hall–Kier alpha value is -2.90. The van der Waals surface area contributed by atoms with Crippen LogP contribution in [0.1, 0.15) is 40.7 Å². The highest BCUT2D eigenvalue weighted by atomic mass is 35.5. The van der Waals surface area contributed by atoms with Crippen LogP contribution in [-0.2, 0) is 11.2 Å². The summed E-state index contributed by atoms with van der Waals surface area (Å²) in [5.41, 5.74) is 1.52. The van der Waals surface area contributed by atoms with E-state index in [9.17, 15) is 14.0 Å². The maximum atomic E-state index is 13.6. The number of rotatable bonds is 8. The van der Waals surface area contributed by atoms with Crippen molar-refractivity contribution in [1.29, 1.82) is 0 Å². The summed E-state index contributed by atoms with van der Waals surface area (Å²) in [5, 5.41) is 2.50. The van der Waals surface area contributed by atoms with Gasteiger partial charge < -0.3 is 14.5 Å². The molecular formula is C27H28ClFN2O3S. The van der Waals surface area contributed by atoms with E-state index in [0.717, 1.165) is 12.0 Å². The highest BCUT2D eigenvalue weighted by Gasteiger charge is 2.33. The van der Waals surface area contributed by atoms with Gasteiger partial charge in [-0.05, 0) is 71.8 Å². The topological polar surface area (TPSA) is 49.9 Å². The lowest BCUT2D eigenvalue weighted by Crippen LogP contribution is -2.48. The zero-order valence-corrected chi connectivity index (χ0v) is 21.3. The fourth-order valence-electron chi connectivity index (χ4n) is 4.30. The summed E-state index contributed by atoms with van der Waals surface area (Å²) in [6.07, 6.45) is 0.762.